The summed E-state index contributed by atoms with van der Waals surface area (Å²) >= 11 is 1.53. The van der Waals surface area contributed by atoms with Crippen LogP contribution in [0.1, 0.15) is 0 Å². The Morgan fingerprint density at radius 2 is 1.83 bits per heavy atom. The number of primary amides is 1. The van der Waals surface area contributed by atoms with Crippen molar-refractivity contribution in [3.05, 3.63) is 0 Å². The van der Waals surface area contributed by atoms with E-state index in [1.165, 1.54) is 18.0 Å². The molecule has 0 aromatic carbocycles. The zero-order chi connectivity index (χ0) is 5.58. The first-order valence-electron chi connectivity index (χ1n) is 0.883. The Labute approximate surface area is 49.9 Å². The van der Waals surface area contributed by atoms with Gasteiger partial charge in [-0.05, 0) is 0 Å². The number of hydrogen-bond donors (Lipinski definition) is 2. The molecule has 0 bridgehead atoms. The molecule has 0 unspecified atom stereocenters. The maximum absolute atomic E-state index is 8.78. The van der Waals surface area contributed by atoms with E-state index >= 15 is 0 Å². The zero-order valence-corrected chi connectivity index (χ0v) is 5.57. The van der Waals surface area contributed by atoms with Gasteiger partial charge in [-0.15, -0.1) is 0 Å². The van der Waals surface area contributed by atoms with Gasteiger partial charge in [0.25, 0.3) is 0 Å². The molecular formula is CH3MoNO2S. The molecule has 0 aliphatic rings. The van der Waals surface area contributed by atoms with Crippen LogP contribution in [0.4, 0.5) is 4.79 Å². The minimum atomic E-state index is -1.33. The third-order valence-corrected chi connectivity index (χ3v) is 0. The molecule has 0 saturated carbocycles. The molecule has 3 N–H and O–H groups in total. The van der Waals surface area contributed by atoms with Gasteiger partial charge >= 0.3 is 33.9 Å². The molecule has 36 valence electrons. The number of rotatable bonds is 0. The molecule has 0 aromatic heterocycles. The van der Waals surface area contributed by atoms with Crippen molar-refractivity contribution in [2.24, 2.45) is 5.73 Å². The van der Waals surface area contributed by atoms with E-state index < -0.39 is 6.09 Å². The molecule has 0 radical (unpaired) electrons. The molecule has 0 aliphatic heterocycles. The van der Waals surface area contributed by atoms with Crippen molar-refractivity contribution >= 4 is 15.9 Å². The Balaban J connectivity index is 0. The van der Waals surface area contributed by atoms with Gasteiger partial charge in [0.05, 0.1) is 0 Å². The van der Waals surface area contributed by atoms with Gasteiger partial charge in [-0.25, -0.2) is 4.79 Å². The van der Waals surface area contributed by atoms with E-state index in [9.17, 15) is 0 Å². The molecule has 0 heterocycles. The second-order valence-corrected chi connectivity index (χ2v) is 0.338. The first-order valence-corrected chi connectivity index (χ1v) is 3.67. The van der Waals surface area contributed by atoms with Crippen molar-refractivity contribution in [2.75, 3.05) is 0 Å². The summed E-state index contributed by atoms with van der Waals surface area (Å²) in [5.41, 5.74) is 4.03. The molecule has 0 aliphatic carbocycles. The zero-order valence-electron chi connectivity index (χ0n) is 2.75. The Bertz CT molecular complexity index is 44.8. The molecule has 0 rings (SSSR count). The molecule has 1 amide bonds. The molecule has 0 saturated heterocycles. The fourth-order valence-corrected chi connectivity index (χ4v) is 0. The molecule has 0 spiro atoms. The van der Waals surface area contributed by atoms with Crippen LogP contribution in [0.25, 0.3) is 0 Å². The SMILES string of the molecule is NC(=O)O.[S]=[Mo]. The second-order valence-electron chi connectivity index (χ2n) is 0.338. The van der Waals surface area contributed by atoms with E-state index in [4.69, 9.17) is 9.90 Å². The van der Waals surface area contributed by atoms with Gasteiger partial charge in [0, 0.05) is 0 Å². The van der Waals surface area contributed by atoms with Crippen LogP contribution < -0.4 is 5.73 Å². The quantitative estimate of drug-likeness (QED) is 0.537. The number of carboxylic acid groups (broad SMARTS) is 1. The molecule has 0 fully saturated rings. The van der Waals surface area contributed by atoms with Gasteiger partial charge < -0.3 is 10.8 Å². The molecule has 0 atom stereocenters. The van der Waals surface area contributed by atoms with Crippen molar-refractivity contribution < 1.29 is 27.9 Å². The monoisotopic (exact) mass is 191 g/mol. The van der Waals surface area contributed by atoms with Crippen molar-refractivity contribution in [2.45, 2.75) is 0 Å². The van der Waals surface area contributed by atoms with E-state index in [0.29, 0.717) is 0 Å². The second kappa shape index (κ2) is 8.95. The van der Waals surface area contributed by atoms with Gasteiger partial charge in [-0.1, -0.05) is 0 Å². The van der Waals surface area contributed by atoms with Crippen LogP contribution in [-0.4, -0.2) is 11.2 Å². The molecule has 3 nitrogen and oxygen atoms in total. The van der Waals surface area contributed by atoms with E-state index in [0.717, 1.165) is 0 Å². The summed E-state index contributed by atoms with van der Waals surface area (Å²) in [6.45, 7) is 0. The Morgan fingerprint density at radius 1 is 1.83 bits per heavy atom. The van der Waals surface area contributed by atoms with Crippen molar-refractivity contribution in [1.29, 1.82) is 0 Å². The standard InChI is InChI=1S/CH3NO2.Mo.S/c2-1(3)4;;/h2H2,(H,3,4);;. The molecule has 6 heavy (non-hydrogen) atoms. The topological polar surface area (TPSA) is 63.3 Å². The van der Waals surface area contributed by atoms with Crippen LogP contribution in [-0.2, 0) is 18.0 Å². The normalized spacial score (nSPS) is 4.67. The van der Waals surface area contributed by atoms with Crippen molar-refractivity contribution in [3.63, 3.8) is 0 Å². The average Bonchev–Trinajstić information content (AvgIpc) is 1.41. The first-order chi connectivity index (χ1) is 2.73. The Kier molecular flexibility index (Phi) is 14.2. The molecular weight excluding hydrogens is 186 g/mol. The van der Waals surface area contributed by atoms with Crippen LogP contribution in [0.15, 0.2) is 0 Å². The van der Waals surface area contributed by atoms with E-state index in [2.05, 4.69) is 15.6 Å². The Hall–Kier alpha value is 0.178. The maximum atomic E-state index is 8.78. The van der Waals surface area contributed by atoms with Gasteiger partial charge in [0.1, 0.15) is 0 Å². The van der Waals surface area contributed by atoms with Crippen LogP contribution >= 0.6 is 9.82 Å². The average molecular weight is 189 g/mol. The van der Waals surface area contributed by atoms with Crippen LogP contribution in [0, 0.1) is 0 Å². The van der Waals surface area contributed by atoms with Crippen molar-refractivity contribution in [3.8, 4) is 0 Å². The van der Waals surface area contributed by atoms with E-state index in [1.54, 1.807) is 0 Å². The summed E-state index contributed by atoms with van der Waals surface area (Å²) in [6, 6.07) is 0. The predicted molar refractivity (Wildman–Crippen MR) is 19.8 cm³/mol. The van der Waals surface area contributed by atoms with Crippen LogP contribution in [0.3, 0.4) is 0 Å². The number of carbonyl (C=O) groups is 1. The summed E-state index contributed by atoms with van der Waals surface area (Å²) in [5, 5.41) is 7.19. The number of nitrogens with two attached hydrogens (primary N) is 1. The van der Waals surface area contributed by atoms with E-state index in [-0.39, 0.29) is 0 Å². The van der Waals surface area contributed by atoms with Gasteiger partial charge in [0.2, 0.25) is 0 Å². The Morgan fingerprint density at radius 3 is 1.83 bits per heavy atom. The fraction of sp³-hybridized carbons (Fsp3) is 0. The van der Waals surface area contributed by atoms with Crippen LogP contribution in [0.5, 0.6) is 0 Å². The molecule has 0 aromatic rings. The van der Waals surface area contributed by atoms with Gasteiger partial charge in [0.15, 0.2) is 0 Å². The number of amides is 1. The third kappa shape index (κ3) is 1330. The first kappa shape index (κ1) is 9.49. The summed E-state index contributed by atoms with van der Waals surface area (Å²) in [5.74, 6) is 0. The molecule has 5 heteroatoms. The number of hydrogen-bond acceptors (Lipinski definition) is 2. The minimum absolute atomic E-state index is 1.33. The van der Waals surface area contributed by atoms with Crippen molar-refractivity contribution in [1.82, 2.24) is 0 Å². The summed E-state index contributed by atoms with van der Waals surface area (Å²) in [7, 11) is 4.09. The summed E-state index contributed by atoms with van der Waals surface area (Å²) in [4.78, 5) is 8.78. The van der Waals surface area contributed by atoms with Gasteiger partial charge in [-0.2, -0.15) is 0 Å². The third-order valence-electron chi connectivity index (χ3n) is 0. The summed E-state index contributed by atoms with van der Waals surface area (Å²) < 4.78 is 0. The van der Waals surface area contributed by atoms with E-state index in [1.807, 2.05) is 0 Å². The fourth-order valence-electron chi connectivity index (χ4n) is 0. The van der Waals surface area contributed by atoms with Crippen LogP contribution in [0.2, 0.25) is 0 Å². The predicted octanol–water partition coefficient (Wildman–Crippen LogP) is 0.269. The summed E-state index contributed by atoms with van der Waals surface area (Å²) in [6.07, 6.45) is -1.33. The van der Waals surface area contributed by atoms with Gasteiger partial charge in [-0.3, -0.25) is 0 Å².